The largest absolute Gasteiger partial charge is 0.495 e. The van der Waals surface area contributed by atoms with E-state index in [0.717, 1.165) is 0 Å². The smallest absolute Gasteiger partial charge is 0.355 e. The molecule has 0 spiro atoms. The van der Waals surface area contributed by atoms with Crippen LogP contribution in [0.15, 0.2) is 77.6 Å². The summed E-state index contributed by atoms with van der Waals surface area (Å²) in [5.41, 5.74) is 8.29. The number of rotatable bonds is 9. The average molecular weight is 602 g/mol. The second-order valence-corrected chi connectivity index (χ2v) is 9.79. The van der Waals surface area contributed by atoms with E-state index in [-0.39, 0.29) is 29.3 Å². The maximum atomic E-state index is 14.2. The zero-order chi connectivity index (χ0) is 30.7. The summed E-state index contributed by atoms with van der Waals surface area (Å²) < 4.78 is 23.5. The second-order valence-electron chi connectivity index (χ2n) is 9.42. The lowest BCUT2D eigenvalue weighted by molar-refractivity contribution is 0.0591. The van der Waals surface area contributed by atoms with E-state index in [1.54, 1.807) is 72.8 Å². The van der Waals surface area contributed by atoms with Gasteiger partial charge in [-0.15, -0.1) is 0 Å². The van der Waals surface area contributed by atoms with E-state index in [1.807, 2.05) is 0 Å². The third kappa shape index (κ3) is 5.70. The first kappa shape index (κ1) is 29.4. The molecule has 5 rings (SSSR count). The highest BCUT2D eigenvalue weighted by Crippen LogP contribution is 2.42. The standard InChI is InChI=1S/C32H28ClN3O7/c1-40-26-13-18(14-27(41-2)29(26)33)28-24-12-11-23(43-17-21-6-4-5-20(16-37)35-21)15-25(24)31(38)36(30(28)32(39)42-3)22-9-7-19(34)8-10-22/h4-15,37H,16-17,34H2,1-3H3. The molecular formula is C32H28ClN3O7. The van der Waals surface area contributed by atoms with Crippen LogP contribution >= 0.6 is 11.6 Å². The normalized spacial score (nSPS) is 10.9. The molecule has 0 aliphatic rings. The molecule has 0 aliphatic heterocycles. The average Bonchev–Trinajstić information content (AvgIpc) is 3.04. The van der Waals surface area contributed by atoms with Crippen LogP contribution in [0.4, 0.5) is 5.69 Å². The number of methoxy groups -OCH3 is 3. The Morgan fingerprint density at radius 3 is 2.23 bits per heavy atom. The fraction of sp³-hybridized carbons (Fsp3) is 0.156. The molecule has 0 aliphatic carbocycles. The quantitative estimate of drug-likeness (QED) is 0.173. The van der Waals surface area contributed by atoms with E-state index in [2.05, 4.69) is 4.98 Å². The first-order chi connectivity index (χ1) is 20.8. The SMILES string of the molecule is COC(=O)c1c(-c2cc(OC)c(Cl)c(OC)c2)c2ccc(OCc3cccc(CO)n3)cc2c(=O)n1-c1ccc(N)cc1. The third-order valence-corrected chi connectivity index (χ3v) is 7.20. The Balaban J connectivity index is 1.80. The predicted molar refractivity (Wildman–Crippen MR) is 163 cm³/mol. The number of aliphatic hydroxyl groups excluding tert-OH is 1. The molecule has 0 amide bonds. The number of aromatic nitrogens is 2. The molecule has 0 saturated carbocycles. The summed E-state index contributed by atoms with van der Waals surface area (Å²) in [5.74, 6) is 0.270. The Hall–Kier alpha value is -5.06. The highest BCUT2D eigenvalue weighted by molar-refractivity contribution is 6.33. The van der Waals surface area contributed by atoms with Gasteiger partial charge in [-0.3, -0.25) is 14.3 Å². The summed E-state index contributed by atoms with van der Waals surface area (Å²) in [5, 5.41) is 10.4. The number of ether oxygens (including phenoxy) is 4. The van der Waals surface area contributed by atoms with Gasteiger partial charge in [0, 0.05) is 16.9 Å². The molecule has 2 aromatic heterocycles. The van der Waals surface area contributed by atoms with Gasteiger partial charge in [-0.05, 0) is 77.7 Å². The van der Waals surface area contributed by atoms with Crippen molar-refractivity contribution in [2.24, 2.45) is 0 Å². The van der Waals surface area contributed by atoms with Gasteiger partial charge in [0.1, 0.15) is 34.6 Å². The van der Waals surface area contributed by atoms with Crippen LogP contribution in [0.3, 0.4) is 0 Å². The van der Waals surface area contributed by atoms with Crippen LogP contribution in [0.25, 0.3) is 27.6 Å². The number of fused-ring (bicyclic) bond motifs is 1. The van der Waals surface area contributed by atoms with E-state index in [0.29, 0.717) is 56.5 Å². The van der Waals surface area contributed by atoms with Crippen molar-refractivity contribution in [3.63, 3.8) is 0 Å². The molecule has 3 aromatic carbocycles. The number of carbonyl (C=O) groups is 1. The molecule has 0 saturated heterocycles. The van der Waals surface area contributed by atoms with Crippen LogP contribution in [-0.2, 0) is 18.0 Å². The molecule has 11 heteroatoms. The van der Waals surface area contributed by atoms with Gasteiger partial charge in [0.15, 0.2) is 0 Å². The Morgan fingerprint density at radius 1 is 0.930 bits per heavy atom. The summed E-state index contributed by atoms with van der Waals surface area (Å²) in [4.78, 5) is 32.0. The number of nitrogens with zero attached hydrogens (tertiary/aromatic N) is 2. The van der Waals surface area contributed by atoms with Gasteiger partial charge in [-0.25, -0.2) is 4.79 Å². The Labute approximate surface area is 251 Å². The minimum atomic E-state index is -0.742. The van der Waals surface area contributed by atoms with E-state index in [9.17, 15) is 14.7 Å². The molecule has 0 bridgehead atoms. The van der Waals surface area contributed by atoms with Gasteiger partial charge in [0.2, 0.25) is 0 Å². The lowest BCUT2D eigenvalue weighted by Crippen LogP contribution is -2.27. The Morgan fingerprint density at radius 2 is 1.60 bits per heavy atom. The van der Waals surface area contributed by atoms with Crippen LogP contribution in [0.1, 0.15) is 21.9 Å². The Kier molecular flexibility index (Phi) is 8.51. The van der Waals surface area contributed by atoms with Crippen molar-refractivity contribution in [3.8, 4) is 34.1 Å². The number of nitrogen functional groups attached to an aromatic ring is 1. The van der Waals surface area contributed by atoms with Crippen LogP contribution in [0.5, 0.6) is 17.2 Å². The first-order valence-electron chi connectivity index (χ1n) is 13.1. The Bertz CT molecular complexity index is 1860. The van der Waals surface area contributed by atoms with E-state index >= 15 is 0 Å². The van der Waals surface area contributed by atoms with Gasteiger partial charge in [0.25, 0.3) is 5.56 Å². The highest BCUT2D eigenvalue weighted by Gasteiger charge is 2.27. The molecule has 0 atom stereocenters. The van der Waals surface area contributed by atoms with E-state index < -0.39 is 11.5 Å². The number of aliphatic hydroxyl groups is 1. The number of pyridine rings is 2. The van der Waals surface area contributed by atoms with Crippen LogP contribution < -0.4 is 25.5 Å². The number of carbonyl (C=O) groups excluding carboxylic acids is 1. The molecule has 5 aromatic rings. The minimum absolute atomic E-state index is 0.0186. The fourth-order valence-corrected chi connectivity index (χ4v) is 5.05. The van der Waals surface area contributed by atoms with Gasteiger partial charge >= 0.3 is 5.97 Å². The van der Waals surface area contributed by atoms with Crippen molar-refractivity contribution in [2.45, 2.75) is 13.2 Å². The summed E-state index contributed by atoms with van der Waals surface area (Å²) in [6, 6.07) is 20.1. The maximum absolute atomic E-state index is 14.2. The molecular weight excluding hydrogens is 574 g/mol. The number of benzene rings is 3. The monoisotopic (exact) mass is 601 g/mol. The fourth-order valence-electron chi connectivity index (χ4n) is 4.79. The van der Waals surface area contributed by atoms with Crippen LogP contribution in [0.2, 0.25) is 5.02 Å². The molecule has 43 heavy (non-hydrogen) atoms. The van der Waals surface area contributed by atoms with Crippen molar-refractivity contribution in [1.82, 2.24) is 9.55 Å². The molecule has 10 nitrogen and oxygen atoms in total. The van der Waals surface area contributed by atoms with Gasteiger partial charge in [-0.1, -0.05) is 17.7 Å². The van der Waals surface area contributed by atoms with Gasteiger partial charge < -0.3 is 29.8 Å². The van der Waals surface area contributed by atoms with Gasteiger partial charge in [-0.2, -0.15) is 0 Å². The van der Waals surface area contributed by atoms with Gasteiger partial charge in [0.05, 0.1) is 44.7 Å². The van der Waals surface area contributed by atoms with Crippen molar-refractivity contribution in [1.29, 1.82) is 0 Å². The molecule has 0 radical (unpaired) electrons. The van der Waals surface area contributed by atoms with E-state index in [4.69, 9.17) is 36.3 Å². The maximum Gasteiger partial charge on any atom is 0.355 e. The minimum Gasteiger partial charge on any atom is -0.495 e. The number of halogens is 1. The zero-order valence-electron chi connectivity index (χ0n) is 23.6. The first-order valence-corrected chi connectivity index (χ1v) is 13.4. The lowest BCUT2D eigenvalue weighted by Gasteiger charge is -2.20. The van der Waals surface area contributed by atoms with Crippen molar-refractivity contribution in [3.05, 3.63) is 105 Å². The number of nitrogens with two attached hydrogens (primary N) is 1. The van der Waals surface area contributed by atoms with Crippen molar-refractivity contribution < 1.29 is 28.8 Å². The summed E-state index contributed by atoms with van der Waals surface area (Å²) >= 11 is 6.46. The molecule has 220 valence electrons. The molecule has 0 fully saturated rings. The van der Waals surface area contributed by atoms with Crippen molar-refractivity contribution in [2.75, 3.05) is 27.1 Å². The number of esters is 1. The summed E-state index contributed by atoms with van der Waals surface area (Å²) in [7, 11) is 4.18. The molecule has 3 N–H and O–H groups in total. The molecule has 2 heterocycles. The summed E-state index contributed by atoms with van der Waals surface area (Å²) in [6.45, 7) is -0.0930. The second kappa shape index (κ2) is 12.4. The summed E-state index contributed by atoms with van der Waals surface area (Å²) in [6.07, 6.45) is 0. The predicted octanol–water partition coefficient (Wildman–Crippen LogP) is 5.16. The van der Waals surface area contributed by atoms with Crippen molar-refractivity contribution >= 4 is 34.0 Å². The lowest BCUT2D eigenvalue weighted by atomic mass is 9.95. The molecule has 0 unspecified atom stereocenters. The van der Waals surface area contributed by atoms with Crippen LogP contribution in [0, 0.1) is 0 Å². The van der Waals surface area contributed by atoms with Crippen LogP contribution in [-0.4, -0.2) is 42.0 Å². The van der Waals surface area contributed by atoms with E-state index in [1.165, 1.54) is 25.9 Å². The third-order valence-electron chi connectivity index (χ3n) is 6.83. The number of hydrogen-bond donors (Lipinski definition) is 2. The number of hydrogen-bond acceptors (Lipinski definition) is 9. The number of anilines is 1. The highest BCUT2D eigenvalue weighted by atomic mass is 35.5. The topological polar surface area (TPSA) is 135 Å². The zero-order valence-corrected chi connectivity index (χ0v) is 24.3.